The van der Waals surface area contributed by atoms with E-state index in [1.54, 1.807) is 42.5 Å². The van der Waals surface area contributed by atoms with Crippen LogP contribution in [0.5, 0.6) is 0 Å². The van der Waals surface area contributed by atoms with E-state index < -0.39 is 33.9 Å². The average Bonchev–Trinajstić information content (AvgIpc) is 2.78. The molecule has 184 valence electrons. The third kappa shape index (κ3) is 8.74. The number of hydrogen-bond acceptors (Lipinski definition) is 6. The minimum absolute atomic E-state index is 0.0127. The number of carbonyl (C=O) groups is 2. The molecule has 9 N–H and O–H groups in total. The topological polar surface area (TPSA) is 195 Å². The van der Waals surface area contributed by atoms with Gasteiger partial charge in [-0.15, -0.1) is 4.83 Å². The Kier molecular flexibility index (Phi) is 10.4. The summed E-state index contributed by atoms with van der Waals surface area (Å²) in [5, 5.41) is 2.60. The van der Waals surface area contributed by atoms with Crippen LogP contribution >= 0.6 is 15.9 Å². The lowest BCUT2D eigenvalue weighted by Gasteiger charge is -2.22. The number of rotatable bonds is 13. The molecule has 0 bridgehead atoms. The van der Waals surface area contributed by atoms with E-state index in [1.807, 2.05) is 6.07 Å². The van der Waals surface area contributed by atoms with Crippen molar-refractivity contribution < 1.29 is 18.0 Å². The third-order valence-corrected chi connectivity index (χ3v) is 6.97. The molecule has 0 radical (unpaired) electrons. The summed E-state index contributed by atoms with van der Waals surface area (Å²) in [7, 11) is -4.00. The van der Waals surface area contributed by atoms with Crippen LogP contribution in [-0.4, -0.2) is 44.8 Å². The first-order chi connectivity index (χ1) is 16.1. The highest BCUT2D eigenvalue weighted by atomic mass is 79.9. The number of aliphatic imine (C=N–C) groups is 1. The summed E-state index contributed by atoms with van der Waals surface area (Å²) in [5.41, 5.74) is 19.5. The number of primary amides is 1. The summed E-state index contributed by atoms with van der Waals surface area (Å²) < 4.78 is 25.8. The van der Waals surface area contributed by atoms with Crippen LogP contribution in [0.15, 0.2) is 69.0 Å². The Labute approximate surface area is 206 Å². The molecule has 0 saturated carbocycles. The molecular formula is C21H28BrN7O4S. The lowest BCUT2D eigenvalue weighted by molar-refractivity contribution is -0.128. The molecule has 11 nitrogen and oxygen atoms in total. The van der Waals surface area contributed by atoms with Crippen molar-refractivity contribution in [3.63, 3.8) is 0 Å². The van der Waals surface area contributed by atoms with E-state index in [9.17, 15) is 18.0 Å². The lowest BCUT2D eigenvalue weighted by atomic mass is 10.0. The molecule has 34 heavy (non-hydrogen) atoms. The molecule has 0 saturated heterocycles. The first-order valence-corrected chi connectivity index (χ1v) is 12.6. The Morgan fingerprint density at radius 3 is 2.24 bits per heavy atom. The van der Waals surface area contributed by atoms with Gasteiger partial charge in [0.1, 0.15) is 12.1 Å². The van der Waals surface area contributed by atoms with Crippen molar-refractivity contribution in [2.24, 2.45) is 22.2 Å². The molecule has 0 aromatic heterocycles. The van der Waals surface area contributed by atoms with Crippen LogP contribution < -0.4 is 32.8 Å². The van der Waals surface area contributed by atoms with Gasteiger partial charge in [0.05, 0.1) is 4.90 Å². The molecule has 0 unspecified atom stereocenters. The zero-order valence-electron chi connectivity index (χ0n) is 18.3. The second kappa shape index (κ2) is 13.0. The monoisotopic (exact) mass is 553 g/mol. The van der Waals surface area contributed by atoms with Crippen molar-refractivity contribution >= 4 is 43.7 Å². The standard InChI is InChI=1S/C21H28BrN7O4S/c22-15-9-4-5-11-18(15)34(32,33)29-28-16(10-6-12-26-21(24)25)20(31)27-17(19(23)30)13-14-7-2-1-3-8-14/h1-5,7-9,11,16-17,28-29H,6,10,12-13H2,(H2,23,30)(H,27,31)(H4,24,25,26)/t16-,17-/m0/s1. The highest BCUT2D eigenvalue weighted by Gasteiger charge is 2.26. The molecule has 13 heteroatoms. The van der Waals surface area contributed by atoms with Crippen LogP contribution in [0.25, 0.3) is 0 Å². The number of carbonyl (C=O) groups excluding carboxylic acids is 2. The Bertz CT molecular complexity index is 1110. The van der Waals surface area contributed by atoms with E-state index in [0.29, 0.717) is 10.9 Å². The predicted octanol–water partition coefficient (Wildman–Crippen LogP) is -0.133. The molecule has 0 aliphatic rings. The van der Waals surface area contributed by atoms with Gasteiger partial charge >= 0.3 is 0 Å². The molecule has 0 aliphatic heterocycles. The minimum Gasteiger partial charge on any atom is -0.370 e. The SMILES string of the molecule is NC(=O)[C@H](Cc1ccccc1)NC(=O)[C@H](CCCN=C(N)N)NNS(=O)(=O)c1ccccc1Br. The van der Waals surface area contributed by atoms with Crippen molar-refractivity contribution in [3.8, 4) is 0 Å². The van der Waals surface area contributed by atoms with Crippen LogP contribution in [0, 0.1) is 0 Å². The predicted molar refractivity (Wildman–Crippen MR) is 133 cm³/mol. The van der Waals surface area contributed by atoms with E-state index in [-0.39, 0.29) is 30.2 Å². The number of hydrazine groups is 1. The van der Waals surface area contributed by atoms with Gasteiger partial charge in [-0.05, 0) is 46.5 Å². The van der Waals surface area contributed by atoms with E-state index in [4.69, 9.17) is 17.2 Å². The molecular weight excluding hydrogens is 526 g/mol. The number of hydrogen-bond donors (Lipinski definition) is 6. The maximum Gasteiger partial charge on any atom is 0.254 e. The largest absolute Gasteiger partial charge is 0.370 e. The number of nitrogens with one attached hydrogen (secondary N) is 3. The van der Waals surface area contributed by atoms with E-state index >= 15 is 0 Å². The number of halogens is 1. The molecule has 2 amide bonds. The summed E-state index contributed by atoms with van der Waals surface area (Å²) >= 11 is 3.20. The summed E-state index contributed by atoms with van der Waals surface area (Å²) in [6.07, 6.45) is 0.711. The number of nitrogens with two attached hydrogens (primary N) is 3. The highest BCUT2D eigenvalue weighted by Crippen LogP contribution is 2.20. The van der Waals surface area contributed by atoms with Crippen molar-refractivity contribution in [2.45, 2.75) is 36.2 Å². The van der Waals surface area contributed by atoms with Crippen LogP contribution in [-0.2, 0) is 26.0 Å². The zero-order chi connectivity index (χ0) is 25.1. The van der Waals surface area contributed by atoms with Gasteiger partial charge in [0, 0.05) is 17.4 Å². The van der Waals surface area contributed by atoms with Gasteiger partial charge in [-0.25, -0.2) is 13.8 Å². The lowest BCUT2D eigenvalue weighted by Crippen LogP contribution is -2.56. The van der Waals surface area contributed by atoms with Crippen LogP contribution in [0.2, 0.25) is 0 Å². The summed E-state index contributed by atoms with van der Waals surface area (Å²) in [4.78, 5) is 31.0. The fraction of sp³-hybridized carbons (Fsp3) is 0.286. The first kappa shape index (κ1) is 27.2. The fourth-order valence-corrected chi connectivity index (χ4v) is 4.90. The second-order valence-electron chi connectivity index (χ2n) is 7.33. The van der Waals surface area contributed by atoms with E-state index in [2.05, 4.69) is 36.5 Å². The molecule has 0 spiro atoms. The second-order valence-corrected chi connectivity index (χ2v) is 9.84. The van der Waals surface area contributed by atoms with Gasteiger partial charge < -0.3 is 22.5 Å². The van der Waals surface area contributed by atoms with Gasteiger partial charge in [0.2, 0.25) is 11.8 Å². The fourth-order valence-electron chi connectivity index (χ4n) is 2.98. The number of amides is 2. The molecule has 2 atom stereocenters. The number of nitrogens with zero attached hydrogens (tertiary/aromatic N) is 1. The van der Waals surface area contributed by atoms with Crippen LogP contribution in [0.1, 0.15) is 18.4 Å². The normalized spacial score (nSPS) is 13.0. The summed E-state index contributed by atoms with van der Waals surface area (Å²) in [5.74, 6) is -1.43. The van der Waals surface area contributed by atoms with Crippen LogP contribution in [0.4, 0.5) is 0 Å². The maximum atomic E-state index is 13.0. The first-order valence-electron chi connectivity index (χ1n) is 10.3. The molecule has 2 rings (SSSR count). The summed E-state index contributed by atoms with van der Waals surface area (Å²) in [6, 6.07) is 13.3. The summed E-state index contributed by atoms with van der Waals surface area (Å²) in [6.45, 7) is 0.230. The van der Waals surface area contributed by atoms with Crippen LogP contribution in [0.3, 0.4) is 0 Å². The average molecular weight is 554 g/mol. The quantitative estimate of drug-likeness (QED) is 0.0858. The van der Waals surface area contributed by atoms with Gasteiger partial charge in [0.25, 0.3) is 10.0 Å². The Hall–Kier alpha value is -3.00. The van der Waals surface area contributed by atoms with E-state index in [1.165, 1.54) is 6.07 Å². The van der Waals surface area contributed by atoms with Gasteiger partial charge in [0.15, 0.2) is 5.96 Å². The maximum absolute atomic E-state index is 13.0. The van der Waals surface area contributed by atoms with Crippen molar-refractivity contribution in [2.75, 3.05) is 6.54 Å². The van der Waals surface area contributed by atoms with Gasteiger partial charge in [-0.1, -0.05) is 42.5 Å². The Balaban J connectivity index is 2.14. The Morgan fingerprint density at radius 2 is 1.62 bits per heavy atom. The number of guanidine groups is 1. The molecule has 2 aromatic rings. The van der Waals surface area contributed by atoms with Gasteiger partial charge in [-0.2, -0.15) is 0 Å². The van der Waals surface area contributed by atoms with E-state index in [0.717, 1.165) is 5.56 Å². The molecule has 0 fully saturated rings. The number of sulfonamides is 1. The van der Waals surface area contributed by atoms with Crippen molar-refractivity contribution in [3.05, 3.63) is 64.6 Å². The smallest absolute Gasteiger partial charge is 0.254 e. The Morgan fingerprint density at radius 1 is 0.971 bits per heavy atom. The number of benzene rings is 2. The van der Waals surface area contributed by atoms with Gasteiger partial charge in [-0.3, -0.25) is 14.6 Å². The van der Waals surface area contributed by atoms with Crippen molar-refractivity contribution in [1.82, 2.24) is 15.6 Å². The molecule has 2 aromatic carbocycles. The zero-order valence-corrected chi connectivity index (χ0v) is 20.7. The highest BCUT2D eigenvalue weighted by molar-refractivity contribution is 9.10. The minimum atomic E-state index is -4.00. The molecule has 0 heterocycles. The van der Waals surface area contributed by atoms with Crippen molar-refractivity contribution in [1.29, 1.82) is 0 Å². The third-order valence-electron chi connectivity index (χ3n) is 4.70. The molecule has 0 aliphatic carbocycles.